The molecule has 0 fully saturated rings. The van der Waals surface area contributed by atoms with Gasteiger partial charge in [-0.05, 0) is 38.5 Å². The second kappa shape index (κ2) is 34.7. The lowest BCUT2D eigenvalue weighted by molar-refractivity contribution is -0.141. The van der Waals surface area contributed by atoms with E-state index in [2.05, 4.69) is 30.7 Å². The molecule has 0 aliphatic carbocycles. The summed E-state index contributed by atoms with van der Waals surface area (Å²) in [5.41, 5.74) is 0. The summed E-state index contributed by atoms with van der Waals surface area (Å²) in [4.78, 5) is 21.2. The zero-order chi connectivity index (χ0) is 27.7. The molecule has 37 heavy (non-hydrogen) atoms. The number of carbonyl (C=O) groups excluding carboxylic acids is 1. The Morgan fingerprint density at radius 3 is 1.19 bits per heavy atom. The third-order valence-corrected chi connectivity index (χ3v) is 6.86. The van der Waals surface area contributed by atoms with Gasteiger partial charge in [-0.3, -0.25) is 9.59 Å². The first-order valence-electron chi connectivity index (χ1n) is 16.0. The van der Waals surface area contributed by atoms with E-state index in [4.69, 9.17) is 5.11 Å². The number of allylic oxidation sites excluding steroid dienone is 2. The third kappa shape index (κ3) is 39.3. The van der Waals surface area contributed by atoms with E-state index < -0.39 is 5.97 Å². The van der Waals surface area contributed by atoms with E-state index in [-0.39, 0.29) is 5.97 Å². The number of hydrogen-bond donors (Lipinski definition) is 1. The summed E-state index contributed by atoms with van der Waals surface area (Å²) in [6.45, 7) is 4.52. The van der Waals surface area contributed by atoms with Gasteiger partial charge in [0.1, 0.15) is 0 Å². The van der Waals surface area contributed by atoms with Gasteiger partial charge >= 0.3 is 11.9 Å². The van der Waals surface area contributed by atoms with E-state index in [1.54, 1.807) is 0 Å². The molecule has 4 nitrogen and oxygen atoms in total. The summed E-state index contributed by atoms with van der Waals surface area (Å²) in [5.74, 6) is -0.733. The minimum Gasteiger partial charge on any atom is -0.481 e. The van der Waals surface area contributed by atoms with Gasteiger partial charge in [-0.25, -0.2) is 0 Å². The van der Waals surface area contributed by atoms with Crippen LogP contribution in [-0.4, -0.2) is 24.2 Å². The molecule has 0 saturated carbocycles. The van der Waals surface area contributed by atoms with E-state index in [0.29, 0.717) is 12.8 Å². The lowest BCUT2D eigenvalue weighted by atomic mass is 10.1. The lowest BCUT2D eigenvalue weighted by Crippen LogP contribution is -1.99. The highest BCUT2D eigenvalue weighted by molar-refractivity contribution is 5.69. The molecule has 0 atom stereocenters. The van der Waals surface area contributed by atoms with Crippen LogP contribution in [0.5, 0.6) is 0 Å². The van der Waals surface area contributed by atoms with E-state index in [9.17, 15) is 9.59 Å². The number of aliphatic carboxylic acids is 1. The van der Waals surface area contributed by atoms with Gasteiger partial charge in [0, 0.05) is 12.8 Å². The van der Waals surface area contributed by atoms with Gasteiger partial charge in [0.05, 0.1) is 7.11 Å². The van der Waals surface area contributed by atoms with Crippen molar-refractivity contribution < 1.29 is 19.4 Å². The number of methoxy groups -OCH3 is 1. The van der Waals surface area contributed by atoms with E-state index in [1.807, 2.05) is 0 Å². The number of ether oxygens (including phenoxy) is 1. The lowest BCUT2D eigenvalue weighted by Gasteiger charge is -2.02. The van der Waals surface area contributed by atoms with Crippen LogP contribution in [0.4, 0.5) is 0 Å². The number of carboxylic acid groups (broad SMARTS) is 1. The molecule has 0 aliphatic rings. The highest BCUT2D eigenvalue weighted by Crippen LogP contribution is 2.12. The zero-order valence-corrected chi connectivity index (χ0v) is 25.2. The fourth-order valence-electron chi connectivity index (χ4n) is 4.38. The SMILES string of the molecule is CCCCCCCC/C=C\CCCCCCCC(=O)O.CCCCCCCCCCCCCC(=O)OC. The molecule has 0 aromatic heterocycles. The number of rotatable bonds is 27. The first-order chi connectivity index (χ1) is 18.1. The van der Waals surface area contributed by atoms with E-state index in [0.717, 1.165) is 19.3 Å². The smallest absolute Gasteiger partial charge is 0.305 e. The molecule has 0 aromatic rings. The molecule has 0 unspecified atom stereocenters. The molecule has 0 radical (unpaired) electrons. The molecular weight excluding hydrogens is 460 g/mol. The quantitative estimate of drug-likeness (QED) is 0.0659. The van der Waals surface area contributed by atoms with Crippen molar-refractivity contribution in [3.05, 3.63) is 12.2 Å². The molecule has 0 saturated heterocycles. The van der Waals surface area contributed by atoms with Crippen LogP contribution in [0.25, 0.3) is 0 Å². The molecule has 0 bridgehead atoms. The number of carbonyl (C=O) groups is 2. The van der Waals surface area contributed by atoms with Gasteiger partial charge < -0.3 is 9.84 Å². The number of esters is 1. The summed E-state index contributed by atoms with van der Waals surface area (Å²) < 4.78 is 4.60. The summed E-state index contributed by atoms with van der Waals surface area (Å²) in [7, 11) is 1.46. The minimum atomic E-state index is -0.664. The Morgan fingerprint density at radius 2 is 0.838 bits per heavy atom. The van der Waals surface area contributed by atoms with Crippen molar-refractivity contribution in [1.82, 2.24) is 0 Å². The minimum absolute atomic E-state index is 0.0686. The summed E-state index contributed by atoms with van der Waals surface area (Å²) in [6, 6.07) is 0. The maximum absolute atomic E-state index is 10.8. The van der Waals surface area contributed by atoms with Crippen LogP contribution >= 0.6 is 0 Å². The van der Waals surface area contributed by atoms with Gasteiger partial charge in [0.15, 0.2) is 0 Å². The van der Waals surface area contributed by atoms with Crippen molar-refractivity contribution in [2.24, 2.45) is 0 Å². The second-order valence-electron chi connectivity index (χ2n) is 10.6. The highest BCUT2D eigenvalue weighted by Gasteiger charge is 1.99. The molecule has 0 heterocycles. The van der Waals surface area contributed by atoms with Crippen molar-refractivity contribution in [2.75, 3.05) is 7.11 Å². The van der Waals surface area contributed by atoms with Gasteiger partial charge in [0.2, 0.25) is 0 Å². The average molecular weight is 525 g/mol. The Hall–Kier alpha value is -1.32. The summed E-state index contributed by atoms with van der Waals surface area (Å²) in [6.07, 6.45) is 36.3. The Morgan fingerprint density at radius 1 is 0.514 bits per heavy atom. The summed E-state index contributed by atoms with van der Waals surface area (Å²) >= 11 is 0. The topological polar surface area (TPSA) is 63.6 Å². The average Bonchev–Trinajstić information content (AvgIpc) is 2.89. The molecular formula is C33H64O4. The monoisotopic (exact) mass is 524 g/mol. The van der Waals surface area contributed by atoms with Crippen LogP contribution in [0.15, 0.2) is 12.2 Å². The van der Waals surface area contributed by atoms with Crippen LogP contribution in [0.3, 0.4) is 0 Å². The van der Waals surface area contributed by atoms with Crippen molar-refractivity contribution >= 4 is 11.9 Å². The van der Waals surface area contributed by atoms with Crippen LogP contribution in [0.1, 0.15) is 181 Å². The van der Waals surface area contributed by atoms with Crippen LogP contribution in [0, 0.1) is 0 Å². The molecule has 0 rings (SSSR count). The normalized spacial score (nSPS) is 10.9. The van der Waals surface area contributed by atoms with Crippen molar-refractivity contribution in [2.45, 2.75) is 181 Å². The Bertz CT molecular complexity index is 487. The maximum atomic E-state index is 10.8. The van der Waals surface area contributed by atoms with E-state index >= 15 is 0 Å². The van der Waals surface area contributed by atoms with Gasteiger partial charge in [-0.15, -0.1) is 0 Å². The number of carboxylic acids is 1. The second-order valence-corrected chi connectivity index (χ2v) is 10.6. The van der Waals surface area contributed by atoms with Gasteiger partial charge in [-0.1, -0.05) is 142 Å². The van der Waals surface area contributed by atoms with Crippen molar-refractivity contribution in [1.29, 1.82) is 0 Å². The fourth-order valence-corrected chi connectivity index (χ4v) is 4.38. The van der Waals surface area contributed by atoms with Crippen LogP contribution in [-0.2, 0) is 14.3 Å². The molecule has 0 spiro atoms. The number of unbranched alkanes of at least 4 members (excludes halogenated alkanes) is 21. The Labute approximate surface area is 231 Å². The molecule has 0 amide bonds. The first-order valence-corrected chi connectivity index (χ1v) is 16.0. The molecule has 220 valence electrons. The Kier molecular flexibility index (Phi) is 35.5. The van der Waals surface area contributed by atoms with Gasteiger partial charge in [0.25, 0.3) is 0 Å². The molecule has 1 N–H and O–H groups in total. The molecule has 0 aliphatic heterocycles. The van der Waals surface area contributed by atoms with Crippen molar-refractivity contribution in [3.8, 4) is 0 Å². The first kappa shape index (κ1) is 37.8. The van der Waals surface area contributed by atoms with Gasteiger partial charge in [-0.2, -0.15) is 0 Å². The zero-order valence-electron chi connectivity index (χ0n) is 25.2. The van der Waals surface area contributed by atoms with E-state index in [1.165, 1.54) is 142 Å². The molecule has 4 heteroatoms. The summed E-state index contributed by atoms with van der Waals surface area (Å²) in [5, 5.41) is 8.51. The Balaban J connectivity index is 0. The largest absolute Gasteiger partial charge is 0.481 e. The molecule has 0 aromatic carbocycles. The van der Waals surface area contributed by atoms with Crippen LogP contribution in [0.2, 0.25) is 0 Å². The van der Waals surface area contributed by atoms with Crippen LogP contribution < -0.4 is 0 Å². The number of hydrogen-bond acceptors (Lipinski definition) is 3. The van der Waals surface area contributed by atoms with Crippen molar-refractivity contribution in [3.63, 3.8) is 0 Å². The predicted molar refractivity (Wildman–Crippen MR) is 160 cm³/mol. The fraction of sp³-hybridized carbons (Fsp3) is 0.879. The standard InChI is InChI=1S/C18H34O2.C15H30O2/c1-2-3-4-5-6-7-8-9-10-11-12-13-14-15-16-17-18(19)20;1-3-4-5-6-7-8-9-10-11-12-13-14-15(16)17-2/h9-10H,2-8,11-17H2,1H3,(H,19,20);3-14H2,1-2H3/b10-9-;. The predicted octanol–water partition coefficient (Wildman–Crippen LogP) is 11.0. The third-order valence-electron chi connectivity index (χ3n) is 6.86. The highest BCUT2D eigenvalue weighted by atomic mass is 16.5. The maximum Gasteiger partial charge on any atom is 0.305 e.